The van der Waals surface area contributed by atoms with Gasteiger partial charge in [0.1, 0.15) is 5.75 Å². The van der Waals surface area contributed by atoms with Crippen LogP contribution >= 0.6 is 0 Å². The molecule has 0 radical (unpaired) electrons. The molecule has 0 spiro atoms. The number of hydrogen-bond donors (Lipinski definition) is 2. The van der Waals surface area contributed by atoms with E-state index in [1.165, 1.54) is 24.3 Å². The zero-order valence-electron chi connectivity index (χ0n) is 13.1. The first-order valence-corrected chi connectivity index (χ1v) is 7.26. The SMILES string of the molecule is Cc1ccccc1CNC(N)=NCc1ccc(OC(F)(F)F)cc1. The molecule has 0 heterocycles. The largest absolute Gasteiger partial charge is 0.573 e. The Morgan fingerprint density at radius 3 is 2.42 bits per heavy atom. The molecular weight excluding hydrogens is 319 g/mol. The maximum absolute atomic E-state index is 12.1. The summed E-state index contributed by atoms with van der Waals surface area (Å²) in [4.78, 5) is 4.16. The minimum atomic E-state index is -4.69. The molecule has 0 aromatic heterocycles. The third-order valence-electron chi connectivity index (χ3n) is 3.31. The average molecular weight is 337 g/mol. The van der Waals surface area contributed by atoms with E-state index < -0.39 is 6.36 Å². The van der Waals surface area contributed by atoms with Crippen molar-refractivity contribution in [2.75, 3.05) is 0 Å². The average Bonchev–Trinajstić information content (AvgIpc) is 2.52. The molecule has 4 nitrogen and oxygen atoms in total. The van der Waals surface area contributed by atoms with Crippen LogP contribution in [0, 0.1) is 6.92 Å². The van der Waals surface area contributed by atoms with Gasteiger partial charge in [-0.25, -0.2) is 4.99 Å². The number of aliphatic imine (C=N–C) groups is 1. The van der Waals surface area contributed by atoms with E-state index in [0.717, 1.165) is 16.7 Å². The summed E-state index contributed by atoms with van der Waals surface area (Å²) < 4.78 is 40.0. The zero-order valence-corrected chi connectivity index (χ0v) is 13.1. The second-order valence-corrected chi connectivity index (χ2v) is 5.17. The summed E-state index contributed by atoms with van der Waals surface area (Å²) in [6.45, 7) is 2.83. The molecule has 0 saturated carbocycles. The van der Waals surface area contributed by atoms with Gasteiger partial charge in [0.05, 0.1) is 6.54 Å². The van der Waals surface area contributed by atoms with Gasteiger partial charge < -0.3 is 15.8 Å². The van der Waals surface area contributed by atoms with Gasteiger partial charge in [-0.15, -0.1) is 13.2 Å². The van der Waals surface area contributed by atoms with Crippen LogP contribution in [0.3, 0.4) is 0 Å². The van der Waals surface area contributed by atoms with Gasteiger partial charge in [0, 0.05) is 6.54 Å². The predicted octanol–water partition coefficient (Wildman–Crippen LogP) is 3.50. The Morgan fingerprint density at radius 2 is 1.79 bits per heavy atom. The van der Waals surface area contributed by atoms with Gasteiger partial charge in [0.25, 0.3) is 0 Å². The summed E-state index contributed by atoms with van der Waals surface area (Å²) >= 11 is 0. The smallest absolute Gasteiger partial charge is 0.406 e. The molecule has 0 saturated heterocycles. The molecule has 128 valence electrons. The van der Waals surface area contributed by atoms with Crippen molar-refractivity contribution in [2.24, 2.45) is 10.7 Å². The van der Waals surface area contributed by atoms with E-state index in [1.54, 1.807) is 0 Å². The van der Waals surface area contributed by atoms with Crippen LogP contribution in [0.2, 0.25) is 0 Å². The second-order valence-electron chi connectivity index (χ2n) is 5.17. The topological polar surface area (TPSA) is 59.6 Å². The first-order chi connectivity index (χ1) is 11.3. The highest BCUT2D eigenvalue weighted by Crippen LogP contribution is 2.22. The molecule has 24 heavy (non-hydrogen) atoms. The quantitative estimate of drug-likeness (QED) is 0.648. The molecule has 0 aliphatic heterocycles. The van der Waals surface area contributed by atoms with Crippen LogP contribution in [0.5, 0.6) is 5.75 Å². The van der Waals surface area contributed by atoms with Crippen LogP contribution in [-0.4, -0.2) is 12.3 Å². The van der Waals surface area contributed by atoms with Gasteiger partial charge in [-0.05, 0) is 35.7 Å². The fourth-order valence-electron chi connectivity index (χ4n) is 2.02. The number of ether oxygens (including phenoxy) is 1. The number of hydrogen-bond acceptors (Lipinski definition) is 2. The van der Waals surface area contributed by atoms with Crippen LogP contribution in [0.1, 0.15) is 16.7 Å². The van der Waals surface area contributed by atoms with Crippen molar-refractivity contribution in [3.63, 3.8) is 0 Å². The fraction of sp³-hybridized carbons (Fsp3) is 0.235. The fourth-order valence-corrected chi connectivity index (χ4v) is 2.02. The van der Waals surface area contributed by atoms with Crippen LogP contribution in [0.25, 0.3) is 0 Å². The summed E-state index contributed by atoms with van der Waals surface area (Å²) in [5.41, 5.74) is 8.79. The Hall–Kier alpha value is -2.70. The number of nitrogens with zero attached hydrogens (tertiary/aromatic N) is 1. The van der Waals surface area contributed by atoms with Crippen LogP contribution < -0.4 is 15.8 Å². The maximum Gasteiger partial charge on any atom is 0.573 e. The van der Waals surface area contributed by atoms with E-state index in [0.29, 0.717) is 6.54 Å². The van der Waals surface area contributed by atoms with Crippen LogP contribution in [0.4, 0.5) is 13.2 Å². The first-order valence-electron chi connectivity index (χ1n) is 7.26. The number of aryl methyl sites for hydroxylation is 1. The number of nitrogens with one attached hydrogen (secondary N) is 1. The second kappa shape index (κ2) is 7.72. The summed E-state index contributed by atoms with van der Waals surface area (Å²) in [5, 5.41) is 3.01. The molecule has 2 aromatic rings. The van der Waals surface area contributed by atoms with Gasteiger partial charge >= 0.3 is 6.36 Å². The number of benzene rings is 2. The molecule has 2 rings (SSSR count). The van der Waals surface area contributed by atoms with E-state index in [2.05, 4.69) is 15.0 Å². The molecule has 0 aliphatic rings. The van der Waals surface area contributed by atoms with Gasteiger partial charge in [-0.1, -0.05) is 36.4 Å². The molecule has 0 unspecified atom stereocenters. The van der Waals surface area contributed by atoms with Crippen molar-refractivity contribution in [3.05, 3.63) is 65.2 Å². The van der Waals surface area contributed by atoms with Crippen molar-refractivity contribution in [2.45, 2.75) is 26.4 Å². The number of guanidine groups is 1. The highest BCUT2D eigenvalue weighted by molar-refractivity contribution is 5.77. The minimum Gasteiger partial charge on any atom is -0.406 e. The Morgan fingerprint density at radius 1 is 1.12 bits per heavy atom. The third kappa shape index (κ3) is 5.83. The highest BCUT2D eigenvalue weighted by Gasteiger charge is 2.30. The maximum atomic E-state index is 12.1. The van der Waals surface area contributed by atoms with Crippen molar-refractivity contribution in [1.82, 2.24) is 5.32 Å². The predicted molar refractivity (Wildman–Crippen MR) is 86.5 cm³/mol. The number of halogens is 3. The Bertz CT molecular complexity index is 697. The van der Waals surface area contributed by atoms with Crippen molar-refractivity contribution < 1.29 is 17.9 Å². The lowest BCUT2D eigenvalue weighted by Gasteiger charge is -2.09. The zero-order chi connectivity index (χ0) is 17.6. The van der Waals surface area contributed by atoms with E-state index in [1.807, 2.05) is 31.2 Å². The number of rotatable bonds is 5. The molecule has 7 heteroatoms. The van der Waals surface area contributed by atoms with Crippen LogP contribution in [-0.2, 0) is 13.1 Å². The molecular formula is C17H18F3N3O. The molecule has 0 amide bonds. The normalized spacial score (nSPS) is 12.1. The van der Waals surface area contributed by atoms with Gasteiger partial charge in [-0.3, -0.25) is 0 Å². The molecule has 3 N–H and O–H groups in total. The Balaban J connectivity index is 1.87. The van der Waals surface area contributed by atoms with Crippen molar-refractivity contribution >= 4 is 5.96 Å². The molecule has 0 aliphatic carbocycles. The summed E-state index contributed by atoms with van der Waals surface area (Å²) in [7, 11) is 0. The number of alkyl halides is 3. The minimum absolute atomic E-state index is 0.263. The first kappa shape index (κ1) is 17.7. The monoisotopic (exact) mass is 337 g/mol. The lowest BCUT2D eigenvalue weighted by atomic mass is 10.1. The van der Waals surface area contributed by atoms with Gasteiger partial charge in [-0.2, -0.15) is 0 Å². The number of nitrogens with two attached hydrogens (primary N) is 1. The Kier molecular flexibility index (Phi) is 5.68. The van der Waals surface area contributed by atoms with Crippen molar-refractivity contribution in [3.8, 4) is 5.75 Å². The van der Waals surface area contributed by atoms with Gasteiger partial charge in [0.15, 0.2) is 5.96 Å². The summed E-state index contributed by atoms with van der Waals surface area (Å²) in [6.07, 6.45) is -4.69. The summed E-state index contributed by atoms with van der Waals surface area (Å²) in [6, 6.07) is 13.4. The van der Waals surface area contributed by atoms with E-state index in [4.69, 9.17) is 5.73 Å². The molecule has 2 aromatic carbocycles. The molecule has 0 bridgehead atoms. The summed E-state index contributed by atoms with van der Waals surface area (Å²) in [5.74, 6) is 0.00903. The van der Waals surface area contributed by atoms with E-state index in [-0.39, 0.29) is 18.3 Å². The third-order valence-corrected chi connectivity index (χ3v) is 3.31. The highest BCUT2D eigenvalue weighted by atomic mass is 19.4. The molecule has 0 fully saturated rings. The van der Waals surface area contributed by atoms with E-state index in [9.17, 15) is 13.2 Å². The lowest BCUT2D eigenvalue weighted by Crippen LogP contribution is -2.31. The van der Waals surface area contributed by atoms with E-state index >= 15 is 0 Å². The van der Waals surface area contributed by atoms with Gasteiger partial charge in [0.2, 0.25) is 0 Å². The molecule has 0 atom stereocenters. The standard InChI is InChI=1S/C17H18F3N3O/c1-12-4-2-3-5-14(12)11-23-16(21)22-10-13-6-8-15(9-7-13)24-17(18,19)20/h2-9H,10-11H2,1H3,(H3,21,22,23). The lowest BCUT2D eigenvalue weighted by molar-refractivity contribution is -0.274. The van der Waals surface area contributed by atoms with Crippen LogP contribution in [0.15, 0.2) is 53.5 Å². The van der Waals surface area contributed by atoms with Crippen molar-refractivity contribution in [1.29, 1.82) is 0 Å². The Labute approximate surface area is 138 Å².